The highest BCUT2D eigenvalue weighted by Gasteiger charge is 2.55. The molecule has 5 N–H and O–H groups in total. The Kier molecular flexibility index (Phi) is 3.54. The molecule has 8 nitrogen and oxygen atoms in total. The number of aliphatic hydroxyl groups is 4. The molecule has 0 spiro atoms. The van der Waals surface area contributed by atoms with Gasteiger partial charge in [-0.05, 0) is 13.0 Å². The second kappa shape index (κ2) is 5.12. The number of methoxy groups -OCH3 is 1. The van der Waals surface area contributed by atoms with E-state index < -0.39 is 52.4 Å². The largest absolute Gasteiger partial charge is 0.507 e. The zero-order valence-corrected chi connectivity index (χ0v) is 12.8. The van der Waals surface area contributed by atoms with E-state index in [4.69, 9.17) is 4.74 Å². The summed E-state index contributed by atoms with van der Waals surface area (Å²) in [6.45, 7) is 1.05. The number of aromatic hydroxyl groups is 1. The summed E-state index contributed by atoms with van der Waals surface area (Å²) in [6.07, 6.45) is -5.65. The normalized spacial score (nSPS) is 32.5. The molecule has 8 heteroatoms. The highest BCUT2D eigenvalue weighted by atomic mass is 16.5. The van der Waals surface area contributed by atoms with Crippen molar-refractivity contribution in [1.29, 1.82) is 0 Å². The predicted molar refractivity (Wildman–Crippen MR) is 79.0 cm³/mol. The standard InChI is InChI=1S/C16H16O8/c1-16(23)14(21)10-9(13(20)15(16)22)12(19)8-6(11(10)18)3-5(24-2)4-7(8)17/h3-4,13-15,17,20-23H,1-2H3/t13-,14+,15+,16+/m0/s1. The molecule has 0 aromatic heterocycles. The molecule has 0 radical (unpaired) electrons. The minimum Gasteiger partial charge on any atom is -0.507 e. The average Bonchev–Trinajstić information content (AvgIpc) is 2.53. The van der Waals surface area contributed by atoms with Crippen LogP contribution in [0, 0.1) is 0 Å². The molecule has 1 aromatic rings. The molecule has 1 aromatic carbocycles. The quantitative estimate of drug-likeness (QED) is 0.436. The Balaban J connectivity index is 2.29. The number of aliphatic hydroxyl groups excluding tert-OH is 3. The highest BCUT2D eigenvalue weighted by Crippen LogP contribution is 2.43. The van der Waals surface area contributed by atoms with Gasteiger partial charge >= 0.3 is 0 Å². The zero-order valence-electron chi connectivity index (χ0n) is 12.8. The summed E-state index contributed by atoms with van der Waals surface area (Å²) in [5.74, 6) is -2.15. The summed E-state index contributed by atoms with van der Waals surface area (Å²) < 4.78 is 4.95. The van der Waals surface area contributed by atoms with Crippen LogP contribution >= 0.6 is 0 Å². The lowest BCUT2D eigenvalue weighted by Crippen LogP contribution is -2.61. The van der Waals surface area contributed by atoms with E-state index in [9.17, 15) is 35.1 Å². The summed E-state index contributed by atoms with van der Waals surface area (Å²) in [6, 6.07) is 2.35. The Labute approximate surface area is 136 Å². The highest BCUT2D eigenvalue weighted by molar-refractivity contribution is 6.29. The van der Waals surface area contributed by atoms with Gasteiger partial charge in [-0.25, -0.2) is 0 Å². The second-order valence-corrected chi connectivity index (χ2v) is 6.07. The fraction of sp³-hybridized carbons (Fsp3) is 0.375. The molecule has 128 valence electrons. The number of benzene rings is 1. The molecule has 24 heavy (non-hydrogen) atoms. The Hall–Kier alpha value is -2.26. The summed E-state index contributed by atoms with van der Waals surface area (Å²) >= 11 is 0. The molecule has 0 heterocycles. The van der Waals surface area contributed by atoms with E-state index in [-0.39, 0.29) is 16.9 Å². The molecule has 0 fully saturated rings. The van der Waals surface area contributed by atoms with Crippen LogP contribution in [-0.2, 0) is 0 Å². The van der Waals surface area contributed by atoms with Crippen molar-refractivity contribution < 1.29 is 39.9 Å². The van der Waals surface area contributed by atoms with E-state index in [0.717, 1.165) is 13.0 Å². The monoisotopic (exact) mass is 336 g/mol. The third kappa shape index (κ3) is 1.94. The second-order valence-electron chi connectivity index (χ2n) is 6.07. The summed E-state index contributed by atoms with van der Waals surface area (Å²) in [5.41, 5.74) is -3.82. The Bertz CT molecular complexity index is 792. The Morgan fingerprint density at radius 2 is 1.71 bits per heavy atom. The lowest BCUT2D eigenvalue weighted by Gasteiger charge is -2.43. The number of fused-ring (bicyclic) bond motifs is 1. The van der Waals surface area contributed by atoms with Gasteiger partial charge in [-0.15, -0.1) is 0 Å². The van der Waals surface area contributed by atoms with Gasteiger partial charge in [-0.2, -0.15) is 0 Å². The molecular weight excluding hydrogens is 320 g/mol. The Morgan fingerprint density at radius 1 is 1.08 bits per heavy atom. The van der Waals surface area contributed by atoms with Crippen LogP contribution in [0.4, 0.5) is 0 Å². The number of rotatable bonds is 1. The molecule has 0 unspecified atom stereocenters. The van der Waals surface area contributed by atoms with Gasteiger partial charge < -0.3 is 30.3 Å². The maximum absolute atomic E-state index is 12.7. The van der Waals surface area contributed by atoms with Crippen LogP contribution in [0.25, 0.3) is 0 Å². The van der Waals surface area contributed by atoms with Crippen molar-refractivity contribution >= 4 is 11.6 Å². The number of phenolic OH excluding ortho intramolecular Hbond substituents is 1. The minimum atomic E-state index is -2.23. The van der Waals surface area contributed by atoms with Crippen molar-refractivity contribution in [3.63, 3.8) is 0 Å². The van der Waals surface area contributed by atoms with E-state index in [2.05, 4.69) is 0 Å². The fourth-order valence-electron chi connectivity index (χ4n) is 3.16. The van der Waals surface area contributed by atoms with Crippen molar-refractivity contribution in [2.45, 2.75) is 30.8 Å². The summed E-state index contributed by atoms with van der Waals surface area (Å²) in [7, 11) is 1.31. The molecule has 2 aliphatic carbocycles. The van der Waals surface area contributed by atoms with E-state index in [1.807, 2.05) is 0 Å². The lowest BCUT2D eigenvalue weighted by molar-refractivity contribution is -0.158. The number of hydrogen-bond donors (Lipinski definition) is 5. The fourth-order valence-corrected chi connectivity index (χ4v) is 3.16. The van der Waals surface area contributed by atoms with Crippen LogP contribution < -0.4 is 4.74 Å². The molecule has 0 saturated heterocycles. The van der Waals surface area contributed by atoms with Gasteiger partial charge in [-0.1, -0.05) is 0 Å². The summed E-state index contributed by atoms with van der Waals surface area (Å²) in [5, 5.41) is 50.7. The number of carbonyl (C=O) groups is 2. The van der Waals surface area contributed by atoms with E-state index in [1.165, 1.54) is 13.2 Å². The molecule has 2 aliphatic rings. The van der Waals surface area contributed by atoms with Crippen molar-refractivity contribution in [3.05, 3.63) is 34.4 Å². The molecule has 0 bridgehead atoms. The third-order valence-corrected chi connectivity index (χ3v) is 4.60. The molecular formula is C16H16O8. The average molecular weight is 336 g/mol. The van der Waals surface area contributed by atoms with Crippen LogP contribution in [0.2, 0.25) is 0 Å². The first-order valence-corrected chi connectivity index (χ1v) is 7.14. The lowest BCUT2D eigenvalue weighted by atomic mass is 9.68. The van der Waals surface area contributed by atoms with Gasteiger partial charge in [0.2, 0.25) is 0 Å². The van der Waals surface area contributed by atoms with Gasteiger partial charge in [0.05, 0.1) is 12.7 Å². The number of ether oxygens (including phenoxy) is 1. The number of ketones is 2. The topological polar surface area (TPSA) is 145 Å². The maximum atomic E-state index is 12.7. The van der Waals surface area contributed by atoms with E-state index in [0.29, 0.717) is 0 Å². The van der Waals surface area contributed by atoms with Gasteiger partial charge in [0.25, 0.3) is 0 Å². The van der Waals surface area contributed by atoms with Crippen LogP contribution in [0.1, 0.15) is 27.6 Å². The third-order valence-electron chi connectivity index (χ3n) is 4.60. The van der Waals surface area contributed by atoms with Crippen molar-refractivity contribution in [1.82, 2.24) is 0 Å². The van der Waals surface area contributed by atoms with Crippen LogP contribution in [0.15, 0.2) is 23.3 Å². The smallest absolute Gasteiger partial charge is 0.196 e. The zero-order chi connectivity index (χ0) is 18.0. The van der Waals surface area contributed by atoms with E-state index >= 15 is 0 Å². The Morgan fingerprint density at radius 3 is 2.29 bits per heavy atom. The number of phenols is 1. The van der Waals surface area contributed by atoms with Crippen molar-refractivity contribution in [2.75, 3.05) is 7.11 Å². The van der Waals surface area contributed by atoms with Crippen LogP contribution in [0.3, 0.4) is 0 Å². The van der Waals surface area contributed by atoms with E-state index in [1.54, 1.807) is 0 Å². The molecule has 0 amide bonds. The molecule has 0 aliphatic heterocycles. The van der Waals surface area contributed by atoms with Crippen LogP contribution in [-0.4, -0.2) is 68.1 Å². The minimum absolute atomic E-state index is 0.120. The maximum Gasteiger partial charge on any atom is 0.196 e. The summed E-state index contributed by atoms with van der Waals surface area (Å²) in [4.78, 5) is 25.4. The van der Waals surface area contributed by atoms with Crippen LogP contribution in [0.5, 0.6) is 11.5 Å². The first-order chi connectivity index (χ1) is 11.1. The SMILES string of the molecule is COc1cc(O)c2c(c1)C(=O)C1=C(C2=O)[C@H](O)[C@@H](O)[C@](C)(O)[C@@H]1O. The van der Waals surface area contributed by atoms with Crippen molar-refractivity contribution in [3.8, 4) is 11.5 Å². The number of hydrogen-bond acceptors (Lipinski definition) is 8. The van der Waals surface area contributed by atoms with Gasteiger partial charge in [-0.3, -0.25) is 9.59 Å². The van der Waals surface area contributed by atoms with Gasteiger partial charge in [0, 0.05) is 22.8 Å². The van der Waals surface area contributed by atoms with Gasteiger partial charge in [0.1, 0.15) is 35.4 Å². The number of Topliss-reactive ketones (excluding diaryl/α,β-unsaturated/α-hetero) is 2. The first-order valence-electron chi connectivity index (χ1n) is 7.14. The van der Waals surface area contributed by atoms with Crippen molar-refractivity contribution in [2.24, 2.45) is 0 Å². The predicted octanol–water partition coefficient (Wildman–Crippen LogP) is -1.08. The first kappa shape index (κ1) is 16.6. The molecule has 3 rings (SSSR count). The van der Waals surface area contributed by atoms with Gasteiger partial charge in [0.15, 0.2) is 11.6 Å². The molecule has 0 saturated carbocycles. The number of carbonyl (C=O) groups excluding carboxylic acids is 2. The molecule has 4 atom stereocenters.